The van der Waals surface area contributed by atoms with Gasteiger partial charge in [-0.3, -0.25) is 10.1 Å². The fourth-order valence-corrected chi connectivity index (χ4v) is 2.49. The van der Waals surface area contributed by atoms with Crippen LogP contribution in [0.1, 0.15) is 12.8 Å². The molecule has 1 aromatic rings. The zero-order chi connectivity index (χ0) is 14.5. The molecule has 1 aromatic heterocycles. The summed E-state index contributed by atoms with van der Waals surface area (Å²) < 4.78 is 4.92. The minimum absolute atomic E-state index is 0.0201. The van der Waals surface area contributed by atoms with Gasteiger partial charge < -0.3 is 15.0 Å². The highest BCUT2D eigenvalue weighted by Gasteiger charge is 2.25. The van der Waals surface area contributed by atoms with Gasteiger partial charge in [0.25, 0.3) is 5.88 Å². The number of piperidine rings is 1. The van der Waals surface area contributed by atoms with Gasteiger partial charge in [-0.2, -0.15) is 4.98 Å². The van der Waals surface area contributed by atoms with Gasteiger partial charge in [-0.05, 0) is 32.4 Å². The highest BCUT2D eigenvalue weighted by atomic mass is 16.6. The topological polar surface area (TPSA) is 93.4 Å². The van der Waals surface area contributed by atoms with Gasteiger partial charge in [-0.15, -0.1) is 0 Å². The van der Waals surface area contributed by atoms with Crippen molar-refractivity contribution >= 4 is 11.5 Å². The monoisotopic (exact) mass is 281 g/mol. The first-order valence-corrected chi connectivity index (χ1v) is 6.57. The van der Waals surface area contributed by atoms with E-state index in [2.05, 4.69) is 27.2 Å². The zero-order valence-electron chi connectivity index (χ0n) is 11.7. The summed E-state index contributed by atoms with van der Waals surface area (Å²) in [6, 6.07) is 0. The summed E-state index contributed by atoms with van der Waals surface area (Å²) in [7, 11) is 3.44. The number of methoxy groups -OCH3 is 1. The molecule has 2 heterocycles. The number of nitro groups is 1. The van der Waals surface area contributed by atoms with Crippen molar-refractivity contribution in [2.75, 3.05) is 39.1 Å². The highest BCUT2D eigenvalue weighted by molar-refractivity contribution is 5.61. The van der Waals surface area contributed by atoms with Crippen LogP contribution in [0.15, 0.2) is 6.33 Å². The number of rotatable bonds is 5. The second-order valence-corrected chi connectivity index (χ2v) is 4.99. The minimum Gasteiger partial charge on any atom is -0.476 e. The molecule has 0 aromatic carbocycles. The van der Waals surface area contributed by atoms with Crippen molar-refractivity contribution in [1.29, 1.82) is 0 Å². The Bertz CT molecular complexity index is 482. The van der Waals surface area contributed by atoms with Gasteiger partial charge >= 0.3 is 5.69 Å². The molecule has 110 valence electrons. The van der Waals surface area contributed by atoms with E-state index >= 15 is 0 Å². The van der Waals surface area contributed by atoms with Crippen LogP contribution in [0.4, 0.5) is 11.5 Å². The molecule has 1 atom stereocenters. The molecule has 2 rings (SSSR count). The molecule has 0 saturated carbocycles. The van der Waals surface area contributed by atoms with Gasteiger partial charge in [-0.1, -0.05) is 0 Å². The number of hydrogen-bond donors (Lipinski definition) is 1. The summed E-state index contributed by atoms with van der Waals surface area (Å²) in [4.78, 5) is 20.6. The lowest BCUT2D eigenvalue weighted by atomic mass is 9.98. The average Bonchev–Trinajstić information content (AvgIpc) is 2.44. The van der Waals surface area contributed by atoms with Crippen LogP contribution in [-0.4, -0.2) is 53.6 Å². The van der Waals surface area contributed by atoms with Gasteiger partial charge in [0, 0.05) is 13.1 Å². The van der Waals surface area contributed by atoms with Crippen molar-refractivity contribution < 1.29 is 9.66 Å². The molecule has 0 bridgehead atoms. The molecule has 0 spiro atoms. The molecule has 1 saturated heterocycles. The lowest BCUT2D eigenvalue weighted by Gasteiger charge is -2.29. The van der Waals surface area contributed by atoms with Crippen molar-refractivity contribution in [3.63, 3.8) is 0 Å². The Hall–Kier alpha value is -1.96. The van der Waals surface area contributed by atoms with E-state index in [9.17, 15) is 10.1 Å². The molecule has 0 amide bonds. The third kappa shape index (κ3) is 3.32. The number of aromatic nitrogens is 2. The Morgan fingerprint density at radius 1 is 1.60 bits per heavy atom. The summed E-state index contributed by atoms with van der Waals surface area (Å²) in [5.41, 5.74) is -0.209. The van der Waals surface area contributed by atoms with Gasteiger partial charge in [0.1, 0.15) is 6.33 Å². The predicted octanol–water partition coefficient (Wildman–Crippen LogP) is 1.15. The largest absolute Gasteiger partial charge is 0.476 e. The molecule has 0 aliphatic carbocycles. The first-order valence-electron chi connectivity index (χ1n) is 6.57. The van der Waals surface area contributed by atoms with Crippen LogP contribution in [0.2, 0.25) is 0 Å². The standard InChI is InChI=1S/C12H19N5O3/c1-16-5-3-4-9(7-16)6-13-11-10(17(18)19)12(20-2)15-8-14-11/h8-9H,3-7H2,1-2H3,(H,13,14,15). The Balaban J connectivity index is 2.07. The zero-order valence-corrected chi connectivity index (χ0v) is 11.7. The van der Waals surface area contributed by atoms with Crippen molar-refractivity contribution in [2.45, 2.75) is 12.8 Å². The van der Waals surface area contributed by atoms with Crippen LogP contribution in [-0.2, 0) is 0 Å². The normalized spacial score (nSPS) is 19.6. The van der Waals surface area contributed by atoms with E-state index in [0.29, 0.717) is 12.5 Å². The Morgan fingerprint density at radius 2 is 2.40 bits per heavy atom. The highest BCUT2D eigenvalue weighted by Crippen LogP contribution is 2.30. The van der Waals surface area contributed by atoms with Gasteiger partial charge in [0.05, 0.1) is 12.0 Å². The second-order valence-electron chi connectivity index (χ2n) is 4.99. The van der Waals surface area contributed by atoms with Crippen molar-refractivity contribution in [1.82, 2.24) is 14.9 Å². The van der Waals surface area contributed by atoms with Crippen LogP contribution in [0, 0.1) is 16.0 Å². The van der Waals surface area contributed by atoms with Crippen LogP contribution < -0.4 is 10.1 Å². The van der Waals surface area contributed by atoms with E-state index < -0.39 is 4.92 Å². The molecule has 8 nitrogen and oxygen atoms in total. The third-order valence-electron chi connectivity index (χ3n) is 3.44. The van der Waals surface area contributed by atoms with Gasteiger partial charge in [0.2, 0.25) is 5.82 Å². The SMILES string of the molecule is COc1ncnc(NCC2CCCN(C)C2)c1[N+](=O)[O-]. The first-order chi connectivity index (χ1) is 9.61. The molecule has 1 aliphatic rings. The quantitative estimate of drug-likeness (QED) is 0.639. The Kier molecular flexibility index (Phi) is 4.67. The lowest BCUT2D eigenvalue weighted by Crippen LogP contribution is -2.35. The number of ether oxygens (including phenoxy) is 1. The van der Waals surface area contributed by atoms with Crippen molar-refractivity contribution in [3.05, 3.63) is 16.4 Å². The summed E-state index contributed by atoms with van der Waals surface area (Å²) >= 11 is 0. The fraction of sp³-hybridized carbons (Fsp3) is 0.667. The van der Waals surface area contributed by atoms with Crippen LogP contribution in [0.5, 0.6) is 5.88 Å². The number of likely N-dealkylation sites (tertiary alicyclic amines) is 1. The summed E-state index contributed by atoms with van der Waals surface area (Å²) in [5, 5.41) is 14.2. The first kappa shape index (κ1) is 14.4. The molecule has 1 N–H and O–H groups in total. The molecule has 1 aliphatic heterocycles. The number of anilines is 1. The van der Waals surface area contributed by atoms with E-state index in [-0.39, 0.29) is 17.4 Å². The average molecular weight is 281 g/mol. The smallest absolute Gasteiger partial charge is 0.372 e. The van der Waals surface area contributed by atoms with Crippen LogP contribution in [0.25, 0.3) is 0 Å². The van der Waals surface area contributed by atoms with E-state index in [1.165, 1.54) is 13.4 Å². The molecular weight excluding hydrogens is 262 g/mol. The van der Waals surface area contributed by atoms with E-state index in [1.54, 1.807) is 0 Å². The van der Waals surface area contributed by atoms with Gasteiger partial charge in [0.15, 0.2) is 0 Å². The lowest BCUT2D eigenvalue weighted by molar-refractivity contribution is -0.385. The minimum atomic E-state index is -0.520. The second kappa shape index (κ2) is 6.47. The number of hydrogen-bond acceptors (Lipinski definition) is 7. The van der Waals surface area contributed by atoms with Crippen LogP contribution in [0.3, 0.4) is 0 Å². The number of nitrogens with zero attached hydrogens (tertiary/aromatic N) is 4. The maximum atomic E-state index is 11.1. The fourth-order valence-electron chi connectivity index (χ4n) is 2.49. The number of nitrogens with one attached hydrogen (secondary N) is 1. The van der Waals surface area contributed by atoms with Crippen LogP contribution >= 0.6 is 0 Å². The molecule has 8 heteroatoms. The van der Waals surface area contributed by atoms with Gasteiger partial charge in [-0.25, -0.2) is 4.98 Å². The molecule has 20 heavy (non-hydrogen) atoms. The Morgan fingerprint density at radius 3 is 3.05 bits per heavy atom. The molecular formula is C12H19N5O3. The third-order valence-corrected chi connectivity index (χ3v) is 3.44. The summed E-state index contributed by atoms with van der Waals surface area (Å²) in [6.07, 6.45) is 3.53. The Labute approximate surface area is 117 Å². The molecule has 1 fully saturated rings. The molecule has 0 radical (unpaired) electrons. The maximum Gasteiger partial charge on any atom is 0.372 e. The maximum absolute atomic E-state index is 11.1. The van der Waals surface area contributed by atoms with E-state index in [0.717, 1.165) is 25.9 Å². The summed E-state index contributed by atoms with van der Waals surface area (Å²) in [6.45, 7) is 2.76. The summed E-state index contributed by atoms with van der Waals surface area (Å²) in [5.74, 6) is 0.664. The van der Waals surface area contributed by atoms with Crippen molar-refractivity contribution in [3.8, 4) is 5.88 Å². The van der Waals surface area contributed by atoms with E-state index in [1.807, 2.05) is 0 Å². The predicted molar refractivity (Wildman–Crippen MR) is 73.9 cm³/mol. The van der Waals surface area contributed by atoms with E-state index in [4.69, 9.17) is 4.74 Å². The van der Waals surface area contributed by atoms with Crippen molar-refractivity contribution in [2.24, 2.45) is 5.92 Å². The molecule has 1 unspecified atom stereocenters.